The van der Waals surface area contributed by atoms with E-state index >= 15 is 0 Å². The van der Waals surface area contributed by atoms with Crippen molar-refractivity contribution in [3.05, 3.63) is 41.5 Å². The van der Waals surface area contributed by atoms with Crippen LogP contribution in [0.1, 0.15) is 43.3 Å². The molecule has 1 unspecified atom stereocenters. The summed E-state index contributed by atoms with van der Waals surface area (Å²) in [5, 5.41) is 3.28. The molecule has 2 aromatic rings. The highest BCUT2D eigenvalue weighted by molar-refractivity contribution is 6.19. The summed E-state index contributed by atoms with van der Waals surface area (Å²) in [5.41, 5.74) is 1.47. The summed E-state index contributed by atoms with van der Waals surface area (Å²) >= 11 is 5.97. The second-order valence-electron chi connectivity index (χ2n) is 7.77. The zero-order chi connectivity index (χ0) is 19.6. The summed E-state index contributed by atoms with van der Waals surface area (Å²) < 4.78 is 0. The lowest BCUT2D eigenvalue weighted by atomic mass is 9.94. The number of anilines is 2. The first-order chi connectivity index (χ1) is 12.8. The zero-order valence-electron chi connectivity index (χ0n) is 16.3. The third-order valence-electron chi connectivity index (χ3n) is 4.92. The Morgan fingerprint density at radius 2 is 2.15 bits per heavy atom. The van der Waals surface area contributed by atoms with E-state index in [2.05, 4.69) is 20.3 Å². The molecule has 1 aliphatic rings. The predicted molar refractivity (Wildman–Crippen MR) is 107 cm³/mol. The molecule has 1 atom stereocenters. The van der Waals surface area contributed by atoms with Crippen LogP contribution in [0.3, 0.4) is 0 Å². The van der Waals surface area contributed by atoms with Gasteiger partial charge in [-0.3, -0.25) is 4.79 Å². The maximum absolute atomic E-state index is 12.7. The maximum Gasteiger partial charge on any atom is 0.229 e. The Balaban J connectivity index is 1.77. The van der Waals surface area contributed by atoms with E-state index in [4.69, 9.17) is 11.6 Å². The van der Waals surface area contributed by atoms with E-state index in [1.165, 1.54) is 0 Å². The molecule has 1 N–H and O–H groups in total. The molecule has 0 bridgehead atoms. The second-order valence-corrected chi connectivity index (χ2v) is 8.04. The van der Waals surface area contributed by atoms with Crippen LogP contribution in [-0.2, 0) is 4.79 Å². The normalized spacial score (nSPS) is 17.2. The van der Waals surface area contributed by atoms with Crippen molar-refractivity contribution in [3.63, 3.8) is 0 Å². The van der Waals surface area contributed by atoms with Crippen molar-refractivity contribution < 1.29 is 4.79 Å². The number of aryl methyl sites for hydroxylation is 2. The number of carbonyl (C=O) groups excluding carboxylic acids is 1. The van der Waals surface area contributed by atoms with Crippen LogP contribution in [0.2, 0.25) is 0 Å². The van der Waals surface area contributed by atoms with Crippen molar-refractivity contribution in [2.75, 3.05) is 24.3 Å². The summed E-state index contributed by atoms with van der Waals surface area (Å²) in [6.07, 6.45) is 2.64. The Kier molecular flexibility index (Phi) is 5.65. The van der Waals surface area contributed by atoms with E-state index < -0.39 is 5.41 Å². The fourth-order valence-electron chi connectivity index (χ4n) is 3.27. The van der Waals surface area contributed by atoms with Gasteiger partial charge in [0.2, 0.25) is 5.91 Å². The molecule has 7 heteroatoms. The van der Waals surface area contributed by atoms with Gasteiger partial charge in [0, 0.05) is 37.2 Å². The Hall–Kier alpha value is -2.21. The number of pyridine rings is 1. The Labute approximate surface area is 165 Å². The van der Waals surface area contributed by atoms with Gasteiger partial charge in [-0.1, -0.05) is 6.07 Å². The minimum atomic E-state index is -0.540. The van der Waals surface area contributed by atoms with E-state index in [-0.39, 0.29) is 11.8 Å². The van der Waals surface area contributed by atoms with Gasteiger partial charge >= 0.3 is 0 Å². The molecule has 0 aromatic carbocycles. The van der Waals surface area contributed by atoms with Crippen molar-refractivity contribution in [1.82, 2.24) is 19.9 Å². The monoisotopic (exact) mass is 387 g/mol. The number of hydrogen-bond donors (Lipinski definition) is 1. The van der Waals surface area contributed by atoms with Crippen molar-refractivity contribution >= 4 is 29.1 Å². The van der Waals surface area contributed by atoms with Crippen LogP contribution < -0.4 is 5.32 Å². The van der Waals surface area contributed by atoms with Crippen molar-refractivity contribution in [2.45, 2.75) is 40.0 Å². The topological polar surface area (TPSA) is 71.0 Å². The molecule has 3 rings (SSSR count). The van der Waals surface area contributed by atoms with E-state index in [0.29, 0.717) is 18.2 Å². The van der Waals surface area contributed by atoms with Crippen molar-refractivity contribution in [3.8, 4) is 0 Å². The first kappa shape index (κ1) is 19.5. The van der Waals surface area contributed by atoms with Gasteiger partial charge in [-0.05, 0) is 45.7 Å². The third kappa shape index (κ3) is 4.38. The van der Waals surface area contributed by atoms with Gasteiger partial charge in [0.1, 0.15) is 17.5 Å². The largest absolute Gasteiger partial charge is 0.342 e. The molecule has 0 radical (unpaired) electrons. The minimum absolute atomic E-state index is 0.105. The molecule has 1 fully saturated rings. The Bertz CT molecular complexity index is 839. The fourth-order valence-corrected chi connectivity index (χ4v) is 3.39. The number of nitrogens with one attached hydrogen (secondary N) is 1. The fraction of sp³-hybridized carbons (Fsp3) is 0.500. The lowest BCUT2D eigenvalue weighted by Crippen LogP contribution is -2.40. The lowest BCUT2D eigenvalue weighted by Gasteiger charge is -2.27. The summed E-state index contributed by atoms with van der Waals surface area (Å²) in [5.74, 6) is 2.84. The minimum Gasteiger partial charge on any atom is -0.342 e. The molecule has 3 heterocycles. The van der Waals surface area contributed by atoms with E-state index in [1.807, 2.05) is 50.8 Å². The molecular weight excluding hydrogens is 362 g/mol. The number of halogens is 1. The average Bonchev–Trinajstić information content (AvgIpc) is 3.12. The average molecular weight is 388 g/mol. The number of hydrogen-bond acceptors (Lipinski definition) is 5. The van der Waals surface area contributed by atoms with Gasteiger partial charge in [0.25, 0.3) is 0 Å². The van der Waals surface area contributed by atoms with Gasteiger partial charge in [-0.25, -0.2) is 15.0 Å². The van der Waals surface area contributed by atoms with Crippen LogP contribution in [0.4, 0.5) is 11.6 Å². The molecule has 1 saturated heterocycles. The third-order valence-corrected chi connectivity index (χ3v) is 5.59. The van der Waals surface area contributed by atoms with Crippen molar-refractivity contribution in [1.29, 1.82) is 0 Å². The number of aromatic nitrogens is 3. The van der Waals surface area contributed by atoms with Crippen LogP contribution in [0.15, 0.2) is 24.4 Å². The molecule has 0 saturated carbocycles. The zero-order valence-corrected chi connectivity index (χ0v) is 17.0. The summed E-state index contributed by atoms with van der Waals surface area (Å²) in [6.45, 7) is 9.06. The van der Waals surface area contributed by atoms with Gasteiger partial charge in [-0.2, -0.15) is 0 Å². The SMILES string of the molecule is Cc1nc(Nc2ncccc2C)cc(C2CCN(C(=O)C(C)(C)CCl)C2)n1. The number of alkyl halides is 1. The predicted octanol–water partition coefficient (Wildman–Crippen LogP) is 3.81. The van der Waals surface area contributed by atoms with E-state index in [0.717, 1.165) is 35.9 Å². The standard InChI is InChI=1S/C20H26ClN5O/c1-13-6-5-8-22-18(13)25-17-10-16(23-14(2)24-17)15-7-9-26(11-15)19(27)20(3,4)12-21/h5-6,8,10,15H,7,9,11-12H2,1-4H3,(H,22,23,24,25). The highest BCUT2D eigenvalue weighted by Gasteiger charge is 2.36. The van der Waals surface area contributed by atoms with Crippen LogP contribution in [0.5, 0.6) is 0 Å². The van der Waals surface area contributed by atoms with E-state index in [9.17, 15) is 4.79 Å². The smallest absolute Gasteiger partial charge is 0.229 e. The number of carbonyl (C=O) groups is 1. The Morgan fingerprint density at radius 1 is 1.37 bits per heavy atom. The molecule has 1 amide bonds. The first-order valence-corrected chi connectivity index (χ1v) is 9.73. The summed E-state index contributed by atoms with van der Waals surface area (Å²) in [6, 6.07) is 5.87. The number of likely N-dealkylation sites (tertiary alicyclic amines) is 1. The molecule has 1 aliphatic heterocycles. The second kappa shape index (κ2) is 7.80. The van der Waals surface area contributed by atoms with Crippen molar-refractivity contribution in [2.24, 2.45) is 5.41 Å². The van der Waals surface area contributed by atoms with Crippen LogP contribution >= 0.6 is 11.6 Å². The number of rotatable bonds is 5. The van der Waals surface area contributed by atoms with E-state index in [1.54, 1.807) is 6.20 Å². The molecule has 6 nitrogen and oxygen atoms in total. The molecular formula is C20H26ClN5O. The molecule has 144 valence electrons. The number of amides is 1. The van der Waals surface area contributed by atoms with Gasteiger partial charge in [-0.15, -0.1) is 11.6 Å². The highest BCUT2D eigenvalue weighted by atomic mass is 35.5. The molecule has 27 heavy (non-hydrogen) atoms. The van der Waals surface area contributed by atoms with Gasteiger partial charge in [0.05, 0.1) is 11.1 Å². The van der Waals surface area contributed by atoms with Gasteiger partial charge in [0.15, 0.2) is 0 Å². The highest BCUT2D eigenvalue weighted by Crippen LogP contribution is 2.31. The first-order valence-electron chi connectivity index (χ1n) is 9.20. The van der Waals surface area contributed by atoms with Crippen LogP contribution in [0, 0.1) is 19.3 Å². The number of nitrogens with zero attached hydrogens (tertiary/aromatic N) is 4. The van der Waals surface area contributed by atoms with Gasteiger partial charge < -0.3 is 10.2 Å². The maximum atomic E-state index is 12.7. The molecule has 2 aromatic heterocycles. The van der Waals surface area contributed by atoms with Crippen LogP contribution in [-0.4, -0.2) is 44.7 Å². The van der Waals surface area contributed by atoms with Crippen LogP contribution in [0.25, 0.3) is 0 Å². The quantitative estimate of drug-likeness (QED) is 0.790. The summed E-state index contributed by atoms with van der Waals surface area (Å²) in [7, 11) is 0. The Morgan fingerprint density at radius 3 is 2.85 bits per heavy atom. The molecule has 0 aliphatic carbocycles. The summed E-state index contributed by atoms with van der Waals surface area (Å²) in [4.78, 5) is 28.1. The lowest BCUT2D eigenvalue weighted by molar-refractivity contribution is -0.138. The molecule has 0 spiro atoms.